The molecule has 5 heteroatoms. The number of halogens is 3. The molecule has 2 heterocycles. The first-order valence-corrected chi connectivity index (χ1v) is 7.98. The van der Waals surface area contributed by atoms with Crippen molar-refractivity contribution in [1.82, 2.24) is 4.98 Å². The molecule has 0 aromatic carbocycles. The fourth-order valence-electron chi connectivity index (χ4n) is 2.35. The Morgan fingerprint density at radius 3 is 3.00 bits per heavy atom. The fourth-order valence-corrected chi connectivity index (χ4v) is 3.72. The van der Waals surface area contributed by atoms with E-state index in [1.807, 2.05) is 6.20 Å². The van der Waals surface area contributed by atoms with Crippen LogP contribution in [0.15, 0.2) is 21.2 Å². The molecule has 1 unspecified atom stereocenters. The summed E-state index contributed by atoms with van der Waals surface area (Å²) in [5.74, 6) is 1.81. The van der Waals surface area contributed by atoms with E-state index in [-0.39, 0.29) is 0 Å². The third-order valence-corrected chi connectivity index (χ3v) is 4.39. The number of rotatable bonds is 4. The summed E-state index contributed by atoms with van der Waals surface area (Å²) in [7, 11) is 0. The van der Waals surface area contributed by atoms with E-state index in [9.17, 15) is 0 Å². The summed E-state index contributed by atoms with van der Waals surface area (Å²) >= 11 is 12.8. The Hall–Kier alpha value is 0.200. The maximum Gasteiger partial charge on any atom is 0.143 e. The van der Waals surface area contributed by atoms with Gasteiger partial charge >= 0.3 is 0 Å². The van der Waals surface area contributed by atoms with Crippen LogP contribution in [0.4, 0.5) is 5.82 Å². The zero-order valence-corrected chi connectivity index (χ0v) is 13.4. The van der Waals surface area contributed by atoms with E-state index in [0.717, 1.165) is 40.0 Å². The summed E-state index contributed by atoms with van der Waals surface area (Å²) in [5.41, 5.74) is 0. The van der Waals surface area contributed by atoms with Gasteiger partial charge in [0, 0.05) is 29.1 Å². The number of hydrogen-bond acceptors (Lipinski definition) is 2. The Labute approximate surface area is 124 Å². The highest BCUT2D eigenvalue weighted by atomic mass is 79.9. The van der Waals surface area contributed by atoms with Crippen molar-refractivity contribution in [2.24, 2.45) is 0 Å². The average Bonchev–Trinajstić information content (AvgIpc) is 2.74. The van der Waals surface area contributed by atoms with Crippen LogP contribution in [0.25, 0.3) is 0 Å². The predicted molar refractivity (Wildman–Crippen MR) is 80.0 cm³/mol. The second kappa shape index (κ2) is 6.39. The highest BCUT2D eigenvalue weighted by Gasteiger charge is 2.26. The Balaban J connectivity index is 2.14. The van der Waals surface area contributed by atoms with Gasteiger partial charge in [0.1, 0.15) is 5.82 Å². The van der Waals surface area contributed by atoms with E-state index < -0.39 is 0 Å². The Morgan fingerprint density at radius 1 is 1.47 bits per heavy atom. The Morgan fingerprint density at radius 2 is 2.29 bits per heavy atom. The monoisotopic (exact) mass is 380 g/mol. The van der Waals surface area contributed by atoms with Crippen LogP contribution in [-0.4, -0.2) is 23.5 Å². The standard InChI is InChI=1S/C12H15Br2ClN2/c13-9-7-11(14)12(16-8-9)17-6-2-4-10(17)3-1-5-15/h7-8,10H,1-6H2. The first-order valence-electron chi connectivity index (χ1n) is 5.86. The minimum absolute atomic E-state index is 0.596. The molecule has 0 N–H and O–H groups in total. The number of aromatic nitrogens is 1. The molecule has 2 rings (SSSR count). The summed E-state index contributed by atoms with van der Waals surface area (Å²) in [6.07, 6.45) is 6.60. The molecule has 1 fully saturated rings. The molecule has 1 saturated heterocycles. The normalized spacial score (nSPS) is 19.9. The second-order valence-corrected chi connectivity index (χ2v) is 6.43. The summed E-state index contributed by atoms with van der Waals surface area (Å²) in [6.45, 7) is 1.10. The molecule has 1 aromatic rings. The molecule has 1 aliphatic rings. The van der Waals surface area contributed by atoms with Crippen LogP contribution in [0.3, 0.4) is 0 Å². The first kappa shape index (κ1) is 13.6. The molecular weight excluding hydrogens is 367 g/mol. The van der Waals surface area contributed by atoms with Gasteiger partial charge < -0.3 is 4.90 Å². The van der Waals surface area contributed by atoms with Crippen LogP contribution in [0.5, 0.6) is 0 Å². The van der Waals surface area contributed by atoms with Crippen LogP contribution in [0, 0.1) is 0 Å². The zero-order valence-electron chi connectivity index (χ0n) is 9.50. The number of nitrogens with zero attached hydrogens (tertiary/aromatic N) is 2. The lowest BCUT2D eigenvalue weighted by Gasteiger charge is -2.26. The van der Waals surface area contributed by atoms with Crippen molar-refractivity contribution in [3.8, 4) is 0 Å². The van der Waals surface area contributed by atoms with Crippen LogP contribution in [0.1, 0.15) is 25.7 Å². The van der Waals surface area contributed by atoms with Crippen LogP contribution < -0.4 is 4.90 Å². The Bertz CT molecular complexity index is 387. The fraction of sp³-hybridized carbons (Fsp3) is 0.583. The van der Waals surface area contributed by atoms with Gasteiger partial charge in [-0.2, -0.15) is 0 Å². The Kier molecular flexibility index (Phi) is 5.12. The van der Waals surface area contributed by atoms with E-state index in [0.29, 0.717) is 6.04 Å². The predicted octanol–water partition coefficient (Wildman–Crippen LogP) is 4.59. The van der Waals surface area contributed by atoms with Gasteiger partial charge in [-0.1, -0.05) is 0 Å². The van der Waals surface area contributed by atoms with E-state index in [4.69, 9.17) is 11.6 Å². The molecule has 2 nitrogen and oxygen atoms in total. The van der Waals surface area contributed by atoms with Crippen molar-refractivity contribution in [2.45, 2.75) is 31.7 Å². The van der Waals surface area contributed by atoms with Gasteiger partial charge in [0.25, 0.3) is 0 Å². The van der Waals surface area contributed by atoms with Gasteiger partial charge in [-0.25, -0.2) is 4.98 Å². The van der Waals surface area contributed by atoms with Crippen molar-refractivity contribution in [3.05, 3.63) is 21.2 Å². The molecule has 1 atom stereocenters. The molecule has 1 aliphatic heterocycles. The number of anilines is 1. The lowest BCUT2D eigenvalue weighted by Crippen LogP contribution is -2.30. The van der Waals surface area contributed by atoms with Gasteiger partial charge in [0.15, 0.2) is 0 Å². The first-order chi connectivity index (χ1) is 8.22. The molecule has 0 aliphatic carbocycles. The molecule has 0 spiro atoms. The lowest BCUT2D eigenvalue weighted by atomic mass is 10.1. The van der Waals surface area contributed by atoms with Gasteiger partial charge in [0.05, 0.1) is 4.47 Å². The van der Waals surface area contributed by atoms with Crippen LogP contribution >= 0.6 is 43.5 Å². The maximum absolute atomic E-state index is 5.78. The summed E-state index contributed by atoms with van der Waals surface area (Å²) in [5, 5.41) is 0. The minimum atomic E-state index is 0.596. The molecular formula is C12H15Br2ClN2. The molecule has 0 amide bonds. The van der Waals surface area contributed by atoms with E-state index in [1.54, 1.807) is 0 Å². The number of hydrogen-bond donors (Lipinski definition) is 0. The van der Waals surface area contributed by atoms with E-state index in [1.165, 1.54) is 12.8 Å². The van der Waals surface area contributed by atoms with Crippen molar-refractivity contribution >= 4 is 49.3 Å². The third-order valence-electron chi connectivity index (χ3n) is 3.11. The highest BCUT2D eigenvalue weighted by Crippen LogP contribution is 2.33. The number of alkyl halides is 1. The summed E-state index contributed by atoms with van der Waals surface area (Å²) < 4.78 is 2.06. The third kappa shape index (κ3) is 3.36. The minimum Gasteiger partial charge on any atom is -0.353 e. The summed E-state index contributed by atoms with van der Waals surface area (Å²) in [4.78, 5) is 6.92. The quantitative estimate of drug-likeness (QED) is 0.708. The average molecular weight is 383 g/mol. The molecule has 94 valence electrons. The molecule has 0 saturated carbocycles. The summed E-state index contributed by atoms with van der Waals surface area (Å²) in [6, 6.07) is 2.65. The lowest BCUT2D eigenvalue weighted by molar-refractivity contribution is 0.598. The van der Waals surface area contributed by atoms with Gasteiger partial charge in [-0.3, -0.25) is 0 Å². The van der Waals surface area contributed by atoms with Gasteiger partial charge in [-0.15, -0.1) is 11.6 Å². The SMILES string of the molecule is ClCCCC1CCCN1c1ncc(Br)cc1Br. The maximum atomic E-state index is 5.78. The molecule has 0 radical (unpaired) electrons. The van der Waals surface area contributed by atoms with Crippen molar-refractivity contribution in [1.29, 1.82) is 0 Å². The second-order valence-electron chi connectivity index (χ2n) is 4.28. The number of pyridine rings is 1. The van der Waals surface area contributed by atoms with E-state index >= 15 is 0 Å². The van der Waals surface area contributed by atoms with Crippen molar-refractivity contribution < 1.29 is 0 Å². The molecule has 17 heavy (non-hydrogen) atoms. The van der Waals surface area contributed by atoms with Crippen LogP contribution in [-0.2, 0) is 0 Å². The highest BCUT2D eigenvalue weighted by molar-refractivity contribution is 9.11. The topological polar surface area (TPSA) is 16.1 Å². The van der Waals surface area contributed by atoms with E-state index in [2.05, 4.69) is 47.8 Å². The van der Waals surface area contributed by atoms with Crippen molar-refractivity contribution in [3.63, 3.8) is 0 Å². The molecule has 0 bridgehead atoms. The smallest absolute Gasteiger partial charge is 0.143 e. The van der Waals surface area contributed by atoms with Gasteiger partial charge in [-0.05, 0) is 63.6 Å². The van der Waals surface area contributed by atoms with Crippen molar-refractivity contribution in [2.75, 3.05) is 17.3 Å². The molecule has 1 aromatic heterocycles. The largest absolute Gasteiger partial charge is 0.353 e. The van der Waals surface area contributed by atoms with Crippen LogP contribution in [0.2, 0.25) is 0 Å². The zero-order chi connectivity index (χ0) is 12.3. The van der Waals surface area contributed by atoms with Gasteiger partial charge in [0.2, 0.25) is 0 Å².